The second-order valence-corrected chi connectivity index (χ2v) is 9.83. The number of rotatable bonds is 4. The molecule has 30 heavy (non-hydrogen) atoms. The second kappa shape index (κ2) is 8.13. The normalized spacial score (nSPS) is 22.4. The number of hydrogen-bond acceptors (Lipinski definition) is 5. The fraction of sp³-hybridized carbons (Fsp3) is 0.318. The predicted octanol–water partition coefficient (Wildman–Crippen LogP) is 6.12. The maximum atomic E-state index is 13.5. The van der Waals surface area contributed by atoms with Gasteiger partial charge in [0.15, 0.2) is 5.69 Å². The Labute approximate surface area is 188 Å². The van der Waals surface area contributed by atoms with Crippen molar-refractivity contribution in [3.05, 3.63) is 67.3 Å². The molecular weight excluding hydrogens is 436 g/mol. The molecule has 1 aliphatic heterocycles. The van der Waals surface area contributed by atoms with Gasteiger partial charge < -0.3 is 0 Å². The molecule has 154 valence electrons. The summed E-state index contributed by atoms with van der Waals surface area (Å²) in [7, 11) is 0. The number of aryl methyl sites for hydroxylation is 1. The highest BCUT2D eigenvalue weighted by Crippen LogP contribution is 2.46. The summed E-state index contributed by atoms with van der Waals surface area (Å²) >= 11 is 9.75. The third-order valence-corrected chi connectivity index (χ3v) is 7.69. The summed E-state index contributed by atoms with van der Waals surface area (Å²) in [4.78, 5) is 15.9. The summed E-state index contributed by atoms with van der Waals surface area (Å²) in [5.41, 5.74) is 2.54. The average Bonchev–Trinajstić information content (AvgIpc) is 3.53. The third-order valence-electron chi connectivity index (χ3n) is 5.65. The summed E-state index contributed by atoms with van der Waals surface area (Å²) in [6, 6.07) is 8.20. The first kappa shape index (κ1) is 19.7. The van der Waals surface area contributed by atoms with E-state index in [9.17, 15) is 4.79 Å². The minimum atomic E-state index is -0.233. The van der Waals surface area contributed by atoms with Crippen molar-refractivity contribution in [2.24, 2.45) is 11.0 Å². The maximum Gasteiger partial charge on any atom is 0.296 e. The minimum Gasteiger partial charge on any atom is -0.271 e. The molecule has 0 unspecified atom stereocenters. The van der Waals surface area contributed by atoms with Gasteiger partial charge in [0.25, 0.3) is 5.91 Å². The fourth-order valence-corrected chi connectivity index (χ4v) is 6.05. The lowest BCUT2D eigenvalue weighted by molar-refractivity contribution is 0.0677. The van der Waals surface area contributed by atoms with Crippen molar-refractivity contribution in [2.75, 3.05) is 0 Å². The van der Waals surface area contributed by atoms with E-state index in [1.54, 1.807) is 38.6 Å². The Morgan fingerprint density at radius 3 is 2.83 bits per heavy atom. The number of hydrazone groups is 1. The average molecular weight is 457 g/mol. The molecule has 0 saturated heterocycles. The Hall–Kier alpha value is -2.22. The van der Waals surface area contributed by atoms with Gasteiger partial charge >= 0.3 is 0 Å². The van der Waals surface area contributed by atoms with Crippen LogP contribution in [0.4, 0.5) is 0 Å². The van der Waals surface area contributed by atoms with Gasteiger partial charge in [0, 0.05) is 28.4 Å². The molecule has 1 fully saturated rings. The van der Waals surface area contributed by atoms with Crippen LogP contribution in [0.1, 0.15) is 52.5 Å². The van der Waals surface area contributed by atoms with Gasteiger partial charge in [-0.3, -0.25) is 9.48 Å². The molecule has 1 aliphatic carbocycles. The highest BCUT2D eigenvalue weighted by molar-refractivity contribution is 7.11. The molecule has 3 aromatic rings. The van der Waals surface area contributed by atoms with Crippen LogP contribution in [0.3, 0.4) is 0 Å². The van der Waals surface area contributed by atoms with Crippen molar-refractivity contribution >= 4 is 52.0 Å². The Morgan fingerprint density at radius 2 is 2.13 bits per heavy atom. The Kier molecular flexibility index (Phi) is 5.35. The number of hydrogen-bond donors (Lipinski definition) is 0. The van der Waals surface area contributed by atoms with E-state index in [4.69, 9.17) is 16.7 Å². The zero-order valence-electron chi connectivity index (χ0n) is 16.5. The van der Waals surface area contributed by atoms with Crippen LogP contribution in [0.2, 0.25) is 5.02 Å². The van der Waals surface area contributed by atoms with Crippen molar-refractivity contribution < 1.29 is 4.79 Å². The molecule has 5 nitrogen and oxygen atoms in total. The second-order valence-electron chi connectivity index (χ2n) is 7.46. The summed E-state index contributed by atoms with van der Waals surface area (Å²) in [5, 5.41) is 15.4. The molecule has 2 aliphatic rings. The van der Waals surface area contributed by atoms with Gasteiger partial charge in [-0.05, 0) is 60.7 Å². The molecule has 0 N–H and O–H groups in total. The number of allylic oxidation sites excluding steroid dienone is 1. The van der Waals surface area contributed by atoms with Gasteiger partial charge in [-0.2, -0.15) is 10.2 Å². The number of thiophene rings is 2. The van der Waals surface area contributed by atoms with Crippen molar-refractivity contribution in [3.63, 3.8) is 0 Å². The Morgan fingerprint density at radius 1 is 1.30 bits per heavy atom. The van der Waals surface area contributed by atoms with Gasteiger partial charge in [-0.25, -0.2) is 5.01 Å². The number of aromatic nitrogens is 2. The molecule has 1 amide bonds. The van der Waals surface area contributed by atoms with Crippen LogP contribution in [0.25, 0.3) is 6.08 Å². The summed E-state index contributed by atoms with van der Waals surface area (Å²) in [6.07, 6.45) is 7.03. The lowest BCUT2D eigenvalue weighted by Crippen LogP contribution is -2.31. The predicted molar refractivity (Wildman–Crippen MR) is 123 cm³/mol. The molecule has 0 bridgehead atoms. The van der Waals surface area contributed by atoms with Crippen LogP contribution in [-0.4, -0.2) is 26.4 Å². The monoisotopic (exact) mass is 456 g/mol. The van der Waals surface area contributed by atoms with Crippen LogP contribution in [0.15, 0.2) is 51.9 Å². The largest absolute Gasteiger partial charge is 0.296 e. The zero-order chi connectivity index (χ0) is 20.7. The van der Waals surface area contributed by atoms with E-state index < -0.39 is 0 Å². The van der Waals surface area contributed by atoms with E-state index in [0.29, 0.717) is 11.6 Å². The standard InChI is InChI=1S/C22H21ClN4OS2/c1-2-26-13-17(23)20(24-26)22(28)27-21(18-9-5-11-30-18)16-8-3-6-14(19(16)25-27)12-15-7-4-10-29-15/h4-5,7,9-13,16,21H,2-3,6,8H2,1H3/b14-12+/t16-,21+/m1/s1. The number of amides is 1. The first-order valence-corrected chi connectivity index (χ1v) is 12.2. The zero-order valence-corrected chi connectivity index (χ0v) is 18.9. The lowest BCUT2D eigenvalue weighted by Gasteiger charge is -2.28. The van der Waals surface area contributed by atoms with Crippen LogP contribution < -0.4 is 0 Å². The minimum absolute atomic E-state index is 0.109. The third kappa shape index (κ3) is 3.45. The molecule has 4 heterocycles. The smallest absolute Gasteiger partial charge is 0.271 e. The van der Waals surface area contributed by atoms with Crippen molar-refractivity contribution in [2.45, 2.75) is 38.8 Å². The summed E-state index contributed by atoms with van der Waals surface area (Å²) in [6.45, 7) is 2.63. The van der Waals surface area contributed by atoms with Gasteiger partial charge in [0.1, 0.15) is 0 Å². The first-order chi connectivity index (χ1) is 14.7. The van der Waals surface area contributed by atoms with Crippen molar-refractivity contribution in [1.82, 2.24) is 14.8 Å². The molecule has 1 saturated carbocycles. The molecular formula is C22H21ClN4OS2. The van der Waals surface area contributed by atoms with Gasteiger partial charge in [0.2, 0.25) is 0 Å². The number of halogens is 1. The molecule has 8 heteroatoms. The number of carbonyl (C=O) groups is 1. The topological polar surface area (TPSA) is 50.5 Å². The lowest BCUT2D eigenvalue weighted by atomic mass is 9.79. The van der Waals surface area contributed by atoms with E-state index in [1.165, 1.54) is 10.5 Å². The maximum absolute atomic E-state index is 13.5. The van der Waals surface area contributed by atoms with Crippen LogP contribution in [-0.2, 0) is 6.54 Å². The quantitative estimate of drug-likeness (QED) is 0.475. The highest BCUT2D eigenvalue weighted by Gasteiger charge is 2.45. The first-order valence-electron chi connectivity index (χ1n) is 10.1. The fourth-order valence-electron chi connectivity index (χ4n) is 4.26. The highest BCUT2D eigenvalue weighted by atomic mass is 35.5. The summed E-state index contributed by atoms with van der Waals surface area (Å²) < 4.78 is 1.69. The van der Waals surface area contributed by atoms with Gasteiger partial charge in [0.05, 0.1) is 16.8 Å². The van der Waals surface area contributed by atoms with E-state index in [1.807, 2.05) is 13.0 Å². The number of nitrogens with zero attached hydrogens (tertiary/aromatic N) is 4. The van der Waals surface area contributed by atoms with E-state index >= 15 is 0 Å². The van der Waals surface area contributed by atoms with Gasteiger partial charge in [-0.15, -0.1) is 22.7 Å². The molecule has 2 atom stereocenters. The summed E-state index contributed by atoms with van der Waals surface area (Å²) in [5.74, 6) is -0.0393. The SMILES string of the molecule is CCn1cc(Cl)c(C(=O)N2N=C3/C(=C/c4cccs4)CCC[C@H]3[C@H]2c2cccs2)n1. The van der Waals surface area contributed by atoms with E-state index in [0.717, 1.165) is 29.9 Å². The van der Waals surface area contributed by atoms with Crippen molar-refractivity contribution in [3.8, 4) is 0 Å². The number of carbonyl (C=O) groups excluding carboxylic acids is 1. The molecule has 0 aromatic carbocycles. The molecule has 0 spiro atoms. The Bertz CT molecular complexity index is 1110. The van der Waals surface area contributed by atoms with Crippen LogP contribution in [0, 0.1) is 5.92 Å². The molecule has 3 aromatic heterocycles. The van der Waals surface area contributed by atoms with Gasteiger partial charge in [-0.1, -0.05) is 23.7 Å². The Balaban J connectivity index is 1.57. The van der Waals surface area contributed by atoms with Crippen molar-refractivity contribution in [1.29, 1.82) is 0 Å². The molecule has 0 radical (unpaired) electrons. The van der Waals surface area contributed by atoms with E-state index in [-0.39, 0.29) is 23.6 Å². The molecule has 5 rings (SSSR count). The van der Waals surface area contributed by atoms with Crippen LogP contribution in [0.5, 0.6) is 0 Å². The van der Waals surface area contributed by atoms with E-state index in [2.05, 4.69) is 40.1 Å². The number of fused-ring (bicyclic) bond motifs is 1. The van der Waals surface area contributed by atoms with Crippen LogP contribution >= 0.6 is 34.3 Å².